The minimum absolute atomic E-state index is 0.316. The van der Waals surface area contributed by atoms with Crippen LogP contribution >= 0.6 is 0 Å². The molecule has 1 rings (SSSR count). The van der Waals surface area contributed by atoms with Crippen molar-refractivity contribution in [2.75, 3.05) is 0 Å². The van der Waals surface area contributed by atoms with Crippen molar-refractivity contribution in [2.24, 2.45) is 0 Å². The van der Waals surface area contributed by atoms with Gasteiger partial charge in [0, 0.05) is 12.0 Å². The summed E-state index contributed by atoms with van der Waals surface area (Å²) in [5.41, 5.74) is 0.729. The minimum atomic E-state index is -0.693. The van der Waals surface area contributed by atoms with Gasteiger partial charge in [-0.1, -0.05) is 43.7 Å². The SMILES string of the molecule is CCCCC(=O)O.O=Cc1ccccc1. The van der Waals surface area contributed by atoms with Gasteiger partial charge in [-0.25, -0.2) is 0 Å². The first kappa shape index (κ1) is 13.4. The fourth-order valence-corrected chi connectivity index (χ4v) is 0.860. The third-order valence-corrected chi connectivity index (χ3v) is 1.68. The molecule has 3 heteroatoms. The second-order valence-electron chi connectivity index (χ2n) is 3.03. The number of carbonyl (C=O) groups excluding carboxylic acids is 1. The van der Waals surface area contributed by atoms with Gasteiger partial charge in [-0.3, -0.25) is 9.59 Å². The summed E-state index contributed by atoms with van der Waals surface area (Å²) in [7, 11) is 0. The Morgan fingerprint density at radius 3 is 2.20 bits per heavy atom. The van der Waals surface area contributed by atoms with Crippen LogP contribution in [0.3, 0.4) is 0 Å². The standard InChI is InChI=1S/C7H6O.C5H10O2/c8-6-7-4-2-1-3-5-7;1-2-3-4-5(6)7/h1-6H;2-4H2,1H3,(H,6,7). The summed E-state index contributed by atoms with van der Waals surface area (Å²) in [6, 6.07) is 9.10. The van der Waals surface area contributed by atoms with Crippen LogP contribution in [0.1, 0.15) is 36.5 Å². The van der Waals surface area contributed by atoms with Gasteiger partial charge < -0.3 is 5.11 Å². The Kier molecular flexibility index (Phi) is 7.96. The van der Waals surface area contributed by atoms with Crippen molar-refractivity contribution in [3.63, 3.8) is 0 Å². The summed E-state index contributed by atoms with van der Waals surface area (Å²) in [6.07, 6.45) is 2.91. The zero-order valence-corrected chi connectivity index (χ0v) is 8.85. The van der Waals surface area contributed by atoms with Gasteiger partial charge in [0.15, 0.2) is 0 Å². The summed E-state index contributed by atoms with van der Waals surface area (Å²) < 4.78 is 0. The molecule has 0 aliphatic rings. The second kappa shape index (κ2) is 8.94. The molecule has 82 valence electrons. The number of hydrogen-bond acceptors (Lipinski definition) is 2. The van der Waals surface area contributed by atoms with E-state index in [4.69, 9.17) is 5.11 Å². The molecule has 15 heavy (non-hydrogen) atoms. The normalized spacial score (nSPS) is 8.60. The Hall–Kier alpha value is -1.64. The van der Waals surface area contributed by atoms with E-state index in [-0.39, 0.29) is 0 Å². The Balaban J connectivity index is 0.000000265. The lowest BCUT2D eigenvalue weighted by Gasteiger charge is -1.85. The first-order valence-corrected chi connectivity index (χ1v) is 4.92. The molecule has 0 saturated heterocycles. The molecule has 1 aromatic rings. The molecule has 0 heterocycles. The van der Waals surface area contributed by atoms with Crippen molar-refractivity contribution in [1.82, 2.24) is 0 Å². The Morgan fingerprint density at radius 1 is 1.33 bits per heavy atom. The molecule has 0 spiro atoms. The third-order valence-electron chi connectivity index (χ3n) is 1.68. The molecule has 0 radical (unpaired) electrons. The van der Waals surface area contributed by atoms with Crippen molar-refractivity contribution < 1.29 is 14.7 Å². The number of hydrogen-bond donors (Lipinski definition) is 1. The monoisotopic (exact) mass is 208 g/mol. The van der Waals surface area contributed by atoms with Crippen LogP contribution in [0, 0.1) is 0 Å². The van der Waals surface area contributed by atoms with Crippen LogP contribution in [0.25, 0.3) is 0 Å². The molecule has 0 bridgehead atoms. The zero-order valence-electron chi connectivity index (χ0n) is 8.85. The molecule has 0 aliphatic carbocycles. The fraction of sp³-hybridized carbons (Fsp3) is 0.333. The maximum Gasteiger partial charge on any atom is 0.303 e. The van der Waals surface area contributed by atoms with Gasteiger partial charge in [0.05, 0.1) is 0 Å². The summed E-state index contributed by atoms with van der Waals surface area (Å²) >= 11 is 0. The first-order chi connectivity index (χ1) is 7.20. The topological polar surface area (TPSA) is 54.4 Å². The molecule has 0 amide bonds. The van der Waals surface area contributed by atoms with Crippen LogP contribution in [0.2, 0.25) is 0 Å². The average Bonchev–Trinajstić information content (AvgIpc) is 2.28. The highest BCUT2D eigenvalue weighted by Gasteiger charge is 1.90. The largest absolute Gasteiger partial charge is 0.481 e. The molecule has 3 nitrogen and oxygen atoms in total. The predicted molar refractivity (Wildman–Crippen MR) is 59.0 cm³/mol. The molecule has 0 fully saturated rings. The van der Waals surface area contributed by atoms with Crippen molar-refractivity contribution in [1.29, 1.82) is 0 Å². The molecular formula is C12H16O3. The molecule has 1 N–H and O–H groups in total. The van der Waals surface area contributed by atoms with Gasteiger partial charge in [0.2, 0.25) is 0 Å². The van der Waals surface area contributed by atoms with Crippen molar-refractivity contribution in [3.8, 4) is 0 Å². The maximum atomic E-state index is 10.0. The van der Waals surface area contributed by atoms with E-state index in [0.29, 0.717) is 6.42 Å². The minimum Gasteiger partial charge on any atom is -0.481 e. The molecule has 0 aliphatic heterocycles. The highest BCUT2D eigenvalue weighted by atomic mass is 16.4. The van der Waals surface area contributed by atoms with Crippen LogP contribution in [0.4, 0.5) is 0 Å². The van der Waals surface area contributed by atoms with Gasteiger partial charge >= 0.3 is 5.97 Å². The molecule has 0 unspecified atom stereocenters. The molecule has 0 saturated carbocycles. The van der Waals surface area contributed by atoms with Crippen LogP contribution in [-0.2, 0) is 4.79 Å². The second-order valence-corrected chi connectivity index (χ2v) is 3.03. The smallest absolute Gasteiger partial charge is 0.303 e. The number of unbranched alkanes of at least 4 members (excludes halogenated alkanes) is 1. The van der Waals surface area contributed by atoms with Gasteiger partial charge in [-0.05, 0) is 6.42 Å². The lowest BCUT2D eigenvalue weighted by molar-refractivity contribution is -0.137. The van der Waals surface area contributed by atoms with Gasteiger partial charge in [0.1, 0.15) is 6.29 Å². The third kappa shape index (κ3) is 8.68. The Morgan fingerprint density at radius 2 is 1.93 bits per heavy atom. The fourth-order valence-electron chi connectivity index (χ4n) is 0.860. The van der Waals surface area contributed by atoms with E-state index in [9.17, 15) is 9.59 Å². The summed E-state index contributed by atoms with van der Waals surface area (Å²) in [5.74, 6) is -0.693. The van der Waals surface area contributed by atoms with E-state index in [1.54, 1.807) is 12.1 Å². The van der Waals surface area contributed by atoms with Crippen LogP contribution in [0.15, 0.2) is 30.3 Å². The number of carboxylic acid groups (broad SMARTS) is 1. The summed E-state index contributed by atoms with van der Waals surface area (Å²) in [5, 5.41) is 8.04. The average molecular weight is 208 g/mol. The predicted octanol–water partition coefficient (Wildman–Crippen LogP) is 2.76. The summed E-state index contributed by atoms with van der Waals surface area (Å²) in [4.78, 5) is 19.8. The number of carbonyl (C=O) groups is 2. The van der Waals surface area contributed by atoms with Crippen LogP contribution < -0.4 is 0 Å². The van der Waals surface area contributed by atoms with Gasteiger partial charge in [-0.15, -0.1) is 0 Å². The lowest BCUT2D eigenvalue weighted by atomic mass is 10.2. The van der Waals surface area contributed by atoms with E-state index in [2.05, 4.69) is 0 Å². The van der Waals surface area contributed by atoms with Gasteiger partial charge in [0.25, 0.3) is 0 Å². The molecule has 1 aromatic carbocycles. The van der Waals surface area contributed by atoms with E-state index in [1.807, 2.05) is 25.1 Å². The van der Waals surface area contributed by atoms with Gasteiger partial charge in [-0.2, -0.15) is 0 Å². The molecule has 0 atom stereocenters. The lowest BCUT2D eigenvalue weighted by Crippen LogP contribution is -1.91. The van der Waals surface area contributed by atoms with E-state index in [0.717, 1.165) is 24.7 Å². The van der Waals surface area contributed by atoms with Crippen LogP contribution in [-0.4, -0.2) is 17.4 Å². The number of aldehydes is 1. The molecular weight excluding hydrogens is 192 g/mol. The highest BCUT2D eigenvalue weighted by Crippen LogP contribution is 1.92. The quantitative estimate of drug-likeness (QED) is 0.774. The highest BCUT2D eigenvalue weighted by molar-refractivity contribution is 5.74. The van der Waals surface area contributed by atoms with E-state index in [1.165, 1.54) is 0 Å². The van der Waals surface area contributed by atoms with Crippen molar-refractivity contribution in [2.45, 2.75) is 26.2 Å². The maximum absolute atomic E-state index is 10.0. The number of rotatable bonds is 4. The summed E-state index contributed by atoms with van der Waals surface area (Å²) in [6.45, 7) is 1.98. The number of benzene rings is 1. The van der Waals surface area contributed by atoms with Crippen LogP contribution in [0.5, 0.6) is 0 Å². The first-order valence-electron chi connectivity index (χ1n) is 4.92. The number of carboxylic acids is 1. The number of aliphatic carboxylic acids is 1. The van der Waals surface area contributed by atoms with Crippen molar-refractivity contribution in [3.05, 3.63) is 35.9 Å². The molecule has 0 aromatic heterocycles. The van der Waals surface area contributed by atoms with E-state index >= 15 is 0 Å². The van der Waals surface area contributed by atoms with E-state index < -0.39 is 5.97 Å². The Bertz CT molecular complexity index is 280. The zero-order chi connectivity index (χ0) is 11.5. The van der Waals surface area contributed by atoms with Crippen molar-refractivity contribution >= 4 is 12.3 Å². The Labute approximate surface area is 89.7 Å².